The molecule has 2 N–H and O–H groups in total. The number of halogens is 3. The molecule has 0 bridgehead atoms. The van der Waals surface area contributed by atoms with Crippen molar-refractivity contribution in [1.29, 1.82) is 0 Å². The van der Waals surface area contributed by atoms with Gasteiger partial charge in [-0.25, -0.2) is 5.01 Å². The van der Waals surface area contributed by atoms with Crippen LogP contribution in [0.5, 0.6) is 0 Å². The van der Waals surface area contributed by atoms with Gasteiger partial charge in [0.25, 0.3) is 5.72 Å². The fraction of sp³-hybridized carbons (Fsp3) is 0.250. The van der Waals surface area contributed by atoms with Gasteiger partial charge in [-0.2, -0.15) is 13.2 Å². The highest BCUT2D eigenvalue weighted by Crippen LogP contribution is 2.40. The summed E-state index contributed by atoms with van der Waals surface area (Å²) in [5, 5.41) is 10.5. The highest BCUT2D eigenvalue weighted by Gasteiger charge is 2.61. The van der Waals surface area contributed by atoms with Crippen molar-refractivity contribution >= 4 is 11.6 Å². The zero-order valence-corrected chi connectivity index (χ0v) is 14.4. The summed E-state index contributed by atoms with van der Waals surface area (Å²) < 4.78 is 40.5. The van der Waals surface area contributed by atoms with Gasteiger partial charge in [-0.3, -0.25) is 10.2 Å². The number of amides is 1. The molecule has 7 heteroatoms. The maximum Gasteiger partial charge on any atom is 0.442 e. The second-order valence-corrected chi connectivity index (χ2v) is 6.33. The van der Waals surface area contributed by atoms with E-state index in [0.717, 1.165) is 5.56 Å². The number of aryl methyl sites for hydroxylation is 1. The Morgan fingerprint density at radius 1 is 1.04 bits per heavy atom. The lowest BCUT2D eigenvalue weighted by Gasteiger charge is -2.33. The van der Waals surface area contributed by atoms with E-state index in [0.29, 0.717) is 24.5 Å². The number of hydrogen-bond acceptors (Lipinski definition) is 3. The molecule has 27 heavy (non-hydrogen) atoms. The number of carbonyl (C=O) groups is 1. The number of benzene rings is 2. The number of hydrazine groups is 1. The van der Waals surface area contributed by atoms with E-state index in [1.165, 1.54) is 0 Å². The van der Waals surface area contributed by atoms with Crippen molar-refractivity contribution in [2.75, 3.05) is 0 Å². The Labute approximate surface area is 154 Å². The minimum absolute atomic E-state index is 0.0341. The van der Waals surface area contributed by atoms with Gasteiger partial charge < -0.3 is 5.11 Å². The number of nitrogens with one attached hydrogen (secondary N) is 1. The van der Waals surface area contributed by atoms with E-state index in [9.17, 15) is 23.1 Å². The van der Waals surface area contributed by atoms with E-state index >= 15 is 0 Å². The van der Waals surface area contributed by atoms with E-state index in [2.05, 4.69) is 5.43 Å². The smallest absolute Gasteiger partial charge is 0.359 e. The van der Waals surface area contributed by atoms with Crippen molar-refractivity contribution in [3.8, 4) is 0 Å². The van der Waals surface area contributed by atoms with E-state index in [4.69, 9.17) is 0 Å². The van der Waals surface area contributed by atoms with Crippen molar-refractivity contribution in [3.63, 3.8) is 0 Å². The second kappa shape index (κ2) is 7.44. The number of aliphatic hydroxyl groups is 1. The molecule has 1 amide bonds. The van der Waals surface area contributed by atoms with Gasteiger partial charge in [0, 0.05) is 12.5 Å². The molecule has 2 aromatic rings. The number of alkyl halides is 3. The van der Waals surface area contributed by atoms with Gasteiger partial charge in [0.05, 0.1) is 5.70 Å². The van der Waals surface area contributed by atoms with Crippen molar-refractivity contribution in [2.45, 2.75) is 31.2 Å². The minimum atomic E-state index is -5.04. The van der Waals surface area contributed by atoms with E-state index in [1.54, 1.807) is 30.3 Å². The van der Waals surface area contributed by atoms with E-state index in [-0.39, 0.29) is 17.1 Å². The van der Waals surface area contributed by atoms with Gasteiger partial charge in [0.2, 0.25) is 5.91 Å². The van der Waals surface area contributed by atoms with Crippen LogP contribution in [-0.4, -0.2) is 27.9 Å². The van der Waals surface area contributed by atoms with Crippen LogP contribution in [0.15, 0.2) is 66.7 Å². The van der Waals surface area contributed by atoms with Crippen molar-refractivity contribution < 1.29 is 23.1 Å². The lowest BCUT2D eigenvalue weighted by atomic mass is 10.1. The first kappa shape index (κ1) is 19.0. The normalized spacial score (nSPS) is 19.6. The summed E-state index contributed by atoms with van der Waals surface area (Å²) in [4.78, 5) is 12.4. The molecule has 1 atom stereocenters. The van der Waals surface area contributed by atoms with Gasteiger partial charge in [0.15, 0.2) is 0 Å². The van der Waals surface area contributed by atoms with E-state index < -0.39 is 17.8 Å². The lowest BCUT2D eigenvalue weighted by Crippen LogP contribution is -2.60. The van der Waals surface area contributed by atoms with Crippen molar-refractivity contribution in [1.82, 2.24) is 10.4 Å². The molecule has 0 saturated heterocycles. The molecular weight excluding hydrogens is 357 g/mol. The third-order valence-electron chi connectivity index (χ3n) is 4.37. The number of nitrogens with zero attached hydrogens (tertiary/aromatic N) is 1. The molecule has 4 nitrogen and oxygen atoms in total. The van der Waals surface area contributed by atoms with Crippen LogP contribution in [0, 0.1) is 0 Å². The van der Waals surface area contributed by atoms with Crippen LogP contribution in [0.1, 0.15) is 24.0 Å². The molecule has 0 unspecified atom stereocenters. The molecule has 0 radical (unpaired) electrons. The van der Waals surface area contributed by atoms with Crippen LogP contribution < -0.4 is 5.43 Å². The van der Waals surface area contributed by atoms with Gasteiger partial charge in [0.1, 0.15) is 0 Å². The molecule has 0 saturated carbocycles. The molecule has 0 fully saturated rings. The Kier molecular flexibility index (Phi) is 5.23. The average Bonchev–Trinajstić information content (AvgIpc) is 3.02. The van der Waals surface area contributed by atoms with Gasteiger partial charge in [-0.05, 0) is 24.0 Å². The highest BCUT2D eigenvalue weighted by molar-refractivity contribution is 5.81. The number of hydrogen-bond donors (Lipinski definition) is 2. The minimum Gasteiger partial charge on any atom is -0.359 e. The summed E-state index contributed by atoms with van der Waals surface area (Å²) in [6.07, 6.45) is -3.60. The fourth-order valence-corrected chi connectivity index (χ4v) is 2.93. The third kappa shape index (κ3) is 3.98. The summed E-state index contributed by atoms with van der Waals surface area (Å²) in [6.45, 7) is 0. The number of carbonyl (C=O) groups excluding carboxylic acids is 1. The highest BCUT2D eigenvalue weighted by atomic mass is 19.4. The molecule has 1 aliphatic rings. The van der Waals surface area contributed by atoms with Crippen LogP contribution in [0.25, 0.3) is 5.70 Å². The second-order valence-electron chi connectivity index (χ2n) is 6.33. The maximum absolute atomic E-state index is 13.5. The fourth-order valence-electron chi connectivity index (χ4n) is 2.93. The quantitative estimate of drug-likeness (QED) is 0.838. The molecule has 2 aromatic carbocycles. The molecule has 0 aliphatic carbocycles. The van der Waals surface area contributed by atoms with Gasteiger partial charge in [-0.1, -0.05) is 60.7 Å². The first-order valence-corrected chi connectivity index (χ1v) is 8.52. The topological polar surface area (TPSA) is 52.6 Å². The van der Waals surface area contributed by atoms with Crippen LogP contribution in [-0.2, 0) is 11.2 Å². The molecule has 0 spiro atoms. The molecule has 1 heterocycles. The largest absolute Gasteiger partial charge is 0.442 e. The summed E-state index contributed by atoms with van der Waals surface area (Å²) in [7, 11) is 0. The van der Waals surface area contributed by atoms with E-state index in [1.807, 2.05) is 30.3 Å². The average molecular weight is 376 g/mol. The Morgan fingerprint density at radius 2 is 1.63 bits per heavy atom. The Bertz CT molecular complexity index is 822. The predicted octanol–water partition coefficient (Wildman–Crippen LogP) is 3.65. The summed E-state index contributed by atoms with van der Waals surface area (Å²) in [6, 6.07) is 17.6. The van der Waals surface area contributed by atoms with Crippen LogP contribution in [0.4, 0.5) is 13.2 Å². The third-order valence-corrected chi connectivity index (χ3v) is 4.37. The molecule has 142 valence electrons. The summed E-state index contributed by atoms with van der Waals surface area (Å²) in [5.74, 6) is -0.826. The monoisotopic (exact) mass is 376 g/mol. The van der Waals surface area contributed by atoms with Crippen LogP contribution in [0.2, 0.25) is 0 Å². The standard InChI is InChI=1S/C20H19F3N2O2/c21-20(22,23)19(27)14-17(16-11-5-2-6-12-16)24-25(19)18(26)13-7-10-15-8-3-1-4-9-15/h1-6,8-9,11-12,14,24,27H,7,10,13H2/t19-/m0/s1. The zero-order valence-electron chi connectivity index (χ0n) is 14.4. The molecular formula is C20H19F3N2O2. The van der Waals surface area contributed by atoms with Crippen LogP contribution >= 0.6 is 0 Å². The first-order chi connectivity index (χ1) is 12.8. The summed E-state index contributed by atoms with van der Waals surface area (Å²) >= 11 is 0. The van der Waals surface area contributed by atoms with Gasteiger partial charge >= 0.3 is 6.18 Å². The molecule has 3 rings (SSSR count). The zero-order chi connectivity index (χ0) is 19.5. The van der Waals surface area contributed by atoms with Crippen molar-refractivity contribution in [3.05, 3.63) is 77.9 Å². The Balaban J connectivity index is 1.74. The summed E-state index contributed by atoms with van der Waals surface area (Å²) in [5.41, 5.74) is 0.513. The first-order valence-electron chi connectivity index (χ1n) is 8.52. The van der Waals surface area contributed by atoms with Gasteiger partial charge in [-0.15, -0.1) is 0 Å². The van der Waals surface area contributed by atoms with Crippen molar-refractivity contribution in [2.24, 2.45) is 0 Å². The Morgan fingerprint density at radius 3 is 2.22 bits per heavy atom. The SMILES string of the molecule is O=C(CCCc1ccccc1)N1NC(c2ccccc2)=C[C@]1(O)C(F)(F)F. The molecule has 0 aromatic heterocycles. The Hall–Kier alpha value is -2.80. The molecule has 1 aliphatic heterocycles. The number of rotatable bonds is 5. The lowest BCUT2D eigenvalue weighted by molar-refractivity contribution is -0.288. The van der Waals surface area contributed by atoms with Crippen LogP contribution in [0.3, 0.4) is 0 Å². The predicted molar refractivity (Wildman–Crippen MR) is 94.8 cm³/mol. The maximum atomic E-state index is 13.5.